The summed E-state index contributed by atoms with van der Waals surface area (Å²) >= 11 is 9.73. The van der Waals surface area contributed by atoms with E-state index in [0.29, 0.717) is 12.6 Å². The van der Waals surface area contributed by atoms with Gasteiger partial charge >= 0.3 is 0 Å². The largest absolute Gasteiger partial charge is 0.329 e. The molecule has 0 atom stereocenters. The van der Waals surface area contributed by atoms with Gasteiger partial charge in [-0.05, 0) is 30.5 Å². The average Bonchev–Trinajstić information content (AvgIpc) is 2.85. The lowest BCUT2D eigenvalue weighted by molar-refractivity contribution is 0.195. The van der Waals surface area contributed by atoms with Crippen molar-refractivity contribution in [2.24, 2.45) is 5.73 Å². The highest BCUT2D eigenvalue weighted by molar-refractivity contribution is 9.10. The number of rotatable bonds is 5. The highest BCUT2D eigenvalue weighted by Crippen LogP contribution is 2.27. The molecule has 2 nitrogen and oxygen atoms in total. The van der Waals surface area contributed by atoms with Crippen LogP contribution in [0.4, 0.5) is 0 Å². The maximum absolute atomic E-state index is 6.29. The molecule has 1 aromatic rings. The summed E-state index contributed by atoms with van der Waals surface area (Å²) in [7, 11) is 0. The summed E-state index contributed by atoms with van der Waals surface area (Å²) in [5.74, 6) is 0. The monoisotopic (exact) mass is 330 g/mol. The molecule has 0 unspecified atom stereocenters. The summed E-state index contributed by atoms with van der Waals surface area (Å²) < 4.78 is 1.03. The van der Waals surface area contributed by atoms with Crippen molar-refractivity contribution in [3.05, 3.63) is 33.3 Å². The quantitative estimate of drug-likeness (QED) is 0.889. The third-order valence-electron chi connectivity index (χ3n) is 3.65. The lowest BCUT2D eigenvalue weighted by atomic mass is 10.1. The Bertz CT molecular complexity index is 391. The van der Waals surface area contributed by atoms with Crippen LogP contribution in [0.2, 0.25) is 5.02 Å². The van der Waals surface area contributed by atoms with Crippen LogP contribution >= 0.6 is 27.5 Å². The minimum atomic E-state index is 0.688. The fourth-order valence-corrected chi connectivity index (χ4v) is 3.43. The Morgan fingerprint density at radius 1 is 1.33 bits per heavy atom. The highest BCUT2D eigenvalue weighted by atomic mass is 79.9. The van der Waals surface area contributed by atoms with Crippen LogP contribution in [0.15, 0.2) is 22.7 Å². The van der Waals surface area contributed by atoms with E-state index in [1.807, 2.05) is 6.07 Å². The number of nitrogens with zero attached hydrogens (tertiary/aromatic N) is 1. The third-order valence-corrected chi connectivity index (χ3v) is 4.49. The smallest absolute Gasteiger partial charge is 0.0462 e. The van der Waals surface area contributed by atoms with Crippen LogP contribution in [-0.4, -0.2) is 24.0 Å². The van der Waals surface area contributed by atoms with E-state index in [9.17, 15) is 0 Å². The van der Waals surface area contributed by atoms with E-state index in [-0.39, 0.29) is 0 Å². The van der Waals surface area contributed by atoms with Gasteiger partial charge in [-0.1, -0.05) is 46.4 Å². The minimum Gasteiger partial charge on any atom is -0.329 e. The first-order valence-corrected chi connectivity index (χ1v) is 7.76. The molecule has 0 amide bonds. The van der Waals surface area contributed by atoms with Gasteiger partial charge in [0.05, 0.1) is 0 Å². The molecule has 2 N–H and O–H groups in total. The van der Waals surface area contributed by atoms with Gasteiger partial charge in [-0.2, -0.15) is 0 Å². The van der Waals surface area contributed by atoms with E-state index in [2.05, 4.69) is 33.0 Å². The Morgan fingerprint density at radius 2 is 2.06 bits per heavy atom. The Balaban J connectivity index is 2.07. The molecule has 0 heterocycles. The van der Waals surface area contributed by atoms with Crippen LogP contribution in [0.5, 0.6) is 0 Å². The lowest BCUT2D eigenvalue weighted by Crippen LogP contribution is -2.36. The van der Waals surface area contributed by atoms with Crippen LogP contribution in [0, 0.1) is 0 Å². The van der Waals surface area contributed by atoms with Gasteiger partial charge in [0.2, 0.25) is 0 Å². The maximum atomic E-state index is 6.29. The fourth-order valence-electron chi connectivity index (χ4n) is 2.69. The first-order valence-electron chi connectivity index (χ1n) is 6.58. The average molecular weight is 332 g/mol. The van der Waals surface area contributed by atoms with Crippen molar-refractivity contribution in [1.82, 2.24) is 4.90 Å². The van der Waals surface area contributed by atoms with Gasteiger partial charge in [0.25, 0.3) is 0 Å². The SMILES string of the molecule is NCCN(Cc1ccc(Br)cc1Cl)C1CCCC1. The van der Waals surface area contributed by atoms with Gasteiger partial charge in [0.15, 0.2) is 0 Å². The summed E-state index contributed by atoms with van der Waals surface area (Å²) in [5, 5.41) is 0.837. The molecule has 18 heavy (non-hydrogen) atoms. The second-order valence-corrected chi connectivity index (χ2v) is 6.26. The van der Waals surface area contributed by atoms with Crippen LogP contribution in [0.3, 0.4) is 0 Å². The molecule has 100 valence electrons. The number of hydrogen-bond donors (Lipinski definition) is 1. The van der Waals surface area contributed by atoms with Crippen LogP contribution in [-0.2, 0) is 6.54 Å². The van der Waals surface area contributed by atoms with E-state index >= 15 is 0 Å². The molecule has 1 fully saturated rings. The molecule has 0 aromatic heterocycles. The zero-order valence-corrected chi connectivity index (χ0v) is 12.9. The number of nitrogens with two attached hydrogens (primary N) is 1. The van der Waals surface area contributed by atoms with Gasteiger partial charge in [0.1, 0.15) is 0 Å². The molecule has 1 aliphatic carbocycles. The van der Waals surface area contributed by atoms with Crippen molar-refractivity contribution >= 4 is 27.5 Å². The van der Waals surface area contributed by atoms with Gasteiger partial charge in [0, 0.05) is 35.2 Å². The van der Waals surface area contributed by atoms with Crippen LogP contribution in [0.25, 0.3) is 0 Å². The molecule has 0 saturated heterocycles. The van der Waals surface area contributed by atoms with E-state index in [0.717, 1.165) is 22.6 Å². The van der Waals surface area contributed by atoms with Crippen molar-refractivity contribution in [1.29, 1.82) is 0 Å². The molecule has 4 heteroatoms. The molecule has 2 rings (SSSR count). The summed E-state index contributed by atoms with van der Waals surface area (Å²) in [6.07, 6.45) is 5.29. The molecular formula is C14H20BrClN2. The summed E-state index contributed by atoms with van der Waals surface area (Å²) in [5.41, 5.74) is 6.93. The third kappa shape index (κ3) is 3.70. The van der Waals surface area contributed by atoms with E-state index in [4.69, 9.17) is 17.3 Å². The van der Waals surface area contributed by atoms with E-state index in [1.54, 1.807) is 0 Å². The predicted octanol–water partition coefficient (Wildman–Crippen LogP) is 3.81. The highest BCUT2D eigenvalue weighted by Gasteiger charge is 2.22. The second kappa shape index (κ2) is 6.90. The first-order chi connectivity index (χ1) is 8.70. The van der Waals surface area contributed by atoms with Crippen molar-refractivity contribution < 1.29 is 0 Å². The standard InChI is InChI=1S/C14H20BrClN2/c15-12-6-5-11(14(16)9-12)10-18(8-7-17)13-3-1-2-4-13/h5-6,9,13H,1-4,7-8,10,17H2. The number of halogens is 2. The maximum Gasteiger partial charge on any atom is 0.0462 e. The Hall–Kier alpha value is -0.0900. The topological polar surface area (TPSA) is 29.3 Å². The van der Waals surface area contributed by atoms with E-state index < -0.39 is 0 Å². The zero-order chi connectivity index (χ0) is 13.0. The number of benzene rings is 1. The summed E-state index contributed by atoms with van der Waals surface area (Å²) in [6.45, 7) is 2.58. The normalized spacial score (nSPS) is 16.7. The van der Waals surface area contributed by atoms with Gasteiger partial charge in [-0.3, -0.25) is 4.90 Å². The second-order valence-electron chi connectivity index (χ2n) is 4.93. The summed E-state index contributed by atoms with van der Waals surface area (Å²) in [4.78, 5) is 2.49. The molecule has 0 bridgehead atoms. The molecule has 0 radical (unpaired) electrons. The zero-order valence-electron chi connectivity index (χ0n) is 10.5. The fraction of sp³-hybridized carbons (Fsp3) is 0.571. The summed E-state index contributed by atoms with van der Waals surface area (Å²) in [6, 6.07) is 6.81. The van der Waals surface area contributed by atoms with Crippen molar-refractivity contribution in [2.45, 2.75) is 38.3 Å². The van der Waals surface area contributed by atoms with Crippen molar-refractivity contribution in [2.75, 3.05) is 13.1 Å². The molecule has 0 aliphatic heterocycles. The van der Waals surface area contributed by atoms with Gasteiger partial charge in [-0.15, -0.1) is 0 Å². The number of hydrogen-bond acceptors (Lipinski definition) is 2. The lowest BCUT2D eigenvalue weighted by Gasteiger charge is -2.28. The molecule has 0 spiro atoms. The minimum absolute atomic E-state index is 0.688. The van der Waals surface area contributed by atoms with Gasteiger partial charge in [-0.25, -0.2) is 0 Å². The molecule has 1 aromatic carbocycles. The van der Waals surface area contributed by atoms with Gasteiger partial charge < -0.3 is 5.73 Å². The Labute approximate surface area is 123 Å². The first kappa shape index (κ1) is 14.3. The van der Waals surface area contributed by atoms with Crippen molar-refractivity contribution in [3.8, 4) is 0 Å². The van der Waals surface area contributed by atoms with E-state index in [1.165, 1.54) is 31.2 Å². The van der Waals surface area contributed by atoms with Crippen LogP contribution < -0.4 is 5.73 Å². The van der Waals surface area contributed by atoms with Crippen molar-refractivity contribution in [3.63, 3.8) is 0 Å². The Kier molecular flexibility index (Phi) is 5.49. The predicted molar refractivity (Wildman–Crippen MR) is 80.9 cm³/mol. The molecular weight excluding hydrogens is 312 g/mol. The molecule has 1 saturated carbocycles. The Morgan fingerprint density at radius 3 is 2.67 bits per heavy atom. The van der Waals surface area contributed by atoms with Crippen LogP contribution in [0.1, 0.15) is 31.2 Å². The molecule has 1 aliphatic rings.